The number of nitrogens with zero attached hydrogens (tertiary/aromatic N) is 2. The van der Waals surface area contributed by atoms with E-state index in [1.807, 2.05) is 0 Å². The van der Waals surface area contributed by atoms with Gasteiger partial charge in [-0.3, -0.25) is 9.69 Å². The van der Waals surface area contributed by atoms with Crippen LogP contribution in [0.1, 0.15) is 49.7 Å². The summed E-state index contributed by atoms with van der Waals surface area (Å²) >= 11 is 0. The zero-order chi connectivity index (χ0) is 19.8. The predicted octanol–water partition coefficient (Wildman–Crippen LogP) is 2.64. The second-order valence-electron chi connectivity index (χ2n) is 9.65. The summed E-state index contributed by atoms with van der Waals surface area (Å²) in [6.07, 6.45) is 9.70. The lowest BCUT2D eigenvalue weighted by Crippen LogP contribution is -2.48. The summed E-state index contributed by atoms with van der Waals surface area (Å²) in [6, 6.07) is 6.00. The van der Waals surface area contributed by atoms with E-state index in [0.29, 0.717) is 25.3 Å². The van der Waals surface area contributed by atoms with E-state index in [9.17, 15) is 9.90 Å². The van der Waals surface area contributed by atoms with Gasteiger partial charge in [0.15, 0.2) is 0 Å². The van der Waals surface area contributed by atoms with Gasteiger partial charge in [-0.15, -0.1) is 0 Å². The van der Waals surface area contributed by atoms with E-state index >= 15 is 0 Å². The molecule has 4 saturated carbocycles. The van der Waals surface area contributed by atoms with Crippen LogP contribution in [-0.2, 0) is 14.9 Å². The molecule has 1 aliphatic heterocycles. The maximum Gasteiger partial charge on any atom is 0.254 e. The SMILES string of the molecule is O=C(CN1CCOCC1)N/N=C/c1cc(C23CC4CC(CC(C4)C2)C3)ccc1O. The van der Waals surface area contributed by atoms with Crippen molar-refractivity contribution >= 4 is 12.1 Å². The Morgan fingerprint density at radius 2 is 1.83 bits per heavy atom. The van der Waals surface area contributed by atoms with Crippen molar-refractivity contribution in [3.8, 4) is 5.75 Å². The van der Waals surface area contributed by atoms with Gasteiger partial charge in [0.1, 0.15) is 5.75 Å². The molecule has 6 heteroatoms. The third-order valence-corrected chi connectivity index (χ3v) is 7.54. The first-order valence-electron chi connectivity index (χ1n) is 11.1. The summed E-state index contributed by atoms with van der Waals surface area (Å²) in [5.74, 6) is 2.72. The second-order valence-corrected chi connectivity index (χ2v) is 9.65. The summed E-state index contributed by atoms with van der Waals surface area (Å²) in [7, 11) is 0. The fourth-order valence-corrected chi connectivity index (χ4v) is 6.62. The molecule has 6 rings (SSSR count). The molecule has 0 aromatic heterocycles. The normalized spacial score (nSPS) is 34.0. The van der Waals surface area contributed by atoms with Crippen LogP contribution >= 0.6 is 0 Å². The minimum atomic E-state index is -0.139. The number of nitrogens with one attached hydrogen (secondary N) is 1. The zero-order valence-corrected chi connectivity index (χ0v) is 17.0. The van der Waals surface area contributed by atoms with Crippen molar-refractivity contribution in [1.82, 2.24) is 10.3 Å². The Morgan fingerprint density at radius 3 is 2.48 bits per heavy atom. The minimum absolute atomic E-state index is 0.139. The maximum atomic E-state index is 12.1. The number of hydrogen-bond donors (Lipinski definition) is 2. The summed E-state index contributed by atoms with van der Waals surface area (Å²) < 4.78 is 5.30. The Bertz CT molecular complexity index is 765. The molecule has 2 N–H and O–H groups in total. The number of hydrogen-bond acceptors (Lipinski definition) is 5. The van der Waals surface area contributed by atoms with Crippen molar-refractivity contribution in [3.63, 3.8) is 0 Å². The molecule has 0 spiro atoms. The van der Waals surface area contributed by atoms with Gasteiger partial charge in [-0.05, 0) is 79.4 Å². The van der Waals surface area contributed by atoms with Crippen molar-refractivity contribution in [2.24, 2.45) is 22.9 Å². The van der Waals surface area contributed by atoms with Crippen molar-refractivity contribution < 1.29 is 14.6 Å². The highest BCUT2D eigenvalue weighted by Crippen LogP contribution is 2.60. The van der Waals surface area contributed by atoms with Crippen LogP contribution in [0, 0.1) is 17.8 Å². The number of ether oxygens (including phenoxy) is 1. The molecule has 156 valence electrons. The predicted molar refractivity (Wildman–Crippen MR) is 111 cm³/mol. The molecule has 0 radical (unpaired) electrons. The van der Waals surface area contributed by atoms with Gasteiger partial charge in [0.2, 0.25) is 0 Å². The Balaban J connectivity index is 1.26. The summed E-state index contributed by atoms with van der Waals surface area (Å²) in [5, 5.41) is 14.4. The van der Waals surface area contributed by atoms with Crippen molar-refractivity contribution in [2.75, 3.05) is 32.8 Å². The number of morpholine rings is 1. The van der Waals surface area contributed by atoms with Gasteiger partial charge in [-0.1, -0.05) is 6.07 Å². The molecule has 1 saturated heterocycles. The molecule has 5 fully saturated rings. The summed E-state index contributed by atoms with van der Waals surface area (Å²) in [6.45, 7) is 3.19. The van der Waals surface area contributed by atoms with Gasteiger partial charge in [-0.2, -0.15) is 5.10 Å². The number of carbonyl (C=O) groups is 1. The van der Waals surface area contributed by atoms with Gasteiger partial charge >= 0.3 is 0 Å². The maximum absolute atomic E-state index is 12.1. The molecule has 4 bridgehead atoms. The first kappa shape index (κ1) is 19.1. The molecule has 1 aromatic carbocycles. The quantitative estimate of drug-likeness (QED) is 0.592. The van der Waals surface area contributed by atoms with Gasteiger partial charge in [-0.25, -0.2) is 5.43 Å². The Hall–Kier alpha value is -1.92. The van der Waals surface area contributed by atoms with Crippen LogP contribution < -0.4 is 5.43 Å². The Kier molecular flexibility index (Phi) is 5.08. The number of phenolic OH excluding ortho intramolecular Hbond substituents is 1. The number of aromatic hydroxyl groups is 1. The van der Waals surface area contributed by atoms with E-state index in [1.54, 1.807) is 12.3 Å². The highest BCUT2D eigenvalue weighted by molar-refractivity contribution is 5.85. The molecule has 5 aliphatic rings. The number of amides is 1. The fourth-order valence-electron chi connectivity index (χ4n) is 6.62. The molecule has 0 unspecified atom stereocenters. The summed E-state index contributed by atoms with van der Waals surface area (Å²) in [4.78, 5) is 14.2. The third-order valence-electron chi connectivity index (χ3n) is 7.54. The molecule has 1 amide bonds. The molecule has 0 atom stereocenters. The largest absolute Gasteiger partial charge is 0.507 e. The van der Waals surface area contributed by atoms with Crippen LogP contribution in [0.3, 0.4) is 0 Å². The van der Waals surface area contributed by atoms with E-state index in [4.69, 9.17) is 4.74 Å². The van der Waals surface area contributed by atoms with E-state index < -0.39 is 0 Å². The van der Waals surface area contributed by atoms with Crippen molar-refractivity contribution in [2.45, 2.75) is 43.9 Å². The number of carbonyl (C=O) groups excluding carboxylic acids is 1. The number of benzene rings is 1. The van der Waals surface area contributed by atoms with Crippen LogP contribution in [0.2, 0.25) is 0 Å². The van der Waals surface area contributed by atoms with Crippen LogP contribution in [0.15, 0.2) is 23.3 Å². The van der Waals surface area contributed by atoms with Crippen LogP contribution in [0.4, 0.5) is 0 Å². The van der Waals surface area contributed by atoms with Gasteiger partial charge in [0, 0.05) is 18.7 Å². The standard InChI is InChI=1S/C23H31N3O3/c27-21-2-1-20(23-11-16-7-17(12-23)9-18(8-16)13-23)10-19(21)14-24-25-22(28)15-26-3-5-29-6-4-26/h1-2,10,14,16-18,27H,3-9,11-13,15H2,(H,25,28)/b24-14+. The fraction of sp³-hybridized carbons (Fsp3) is 0.652. The monoisotopic (exact) mass is 397 g/mol. The molecule has 4 aliphatic carbocycles. The minimum Gasteiger partial charge on any atom is -0.507 e. The molecule has 6 nitrogen and oxygen atoms in total. The first-order chi connectivity index (χ1) is 14.1. The van der Waals surface area contributed by atoms with Gasteiger partial charge < -0.3 is 9.84 Å². The van der Waals surface area contributed by atoms with Crippen LogP contribution in [0.25, 0.3) is 0 Å². The highest BCUT2D eigenvalue weighted by atomic mass is 16.5. The Morgan fingerprint density at radius 1 is 1.17 bits per heavy atom. The number of rotatable bonds is 5. The van der Waals surface area contributed by atoms with Crippen molar-refractivity contribution in [1.29, 1.82) is 0 Å². The topological polar surface area (TPSA) is 74.2 Å². The van der Waals surface area contributed by atoms with E-state index in [2.05, 4.69) is 27.6 Å². The van der Waals surface area contributed by atoms with Gasteiger partial charge in [0.05, 0.1) is 26.0 Å². The molecule has 1 heterocycles. The second kappa shape index (κ2) is 7.73. The third kappa shape index (κ3) is 3.92. The average molecular weight is 398 g/mol. The molecular formula is C23H31N3O3. The van der Waals surface area contributed by atoms with E-state index in [-0.39, 0.29) is 17.1 Å². The zero-order valence-electron chi connectivity index (χ0n) is 17.0. The lowest BCUT2D eigenvalue weighted by molar-refractivity contribution is -0.123. The van der Waals surface area contributed by atoms with E-state index in [1.165, 1.54) is 44.1 Å². The number of hydrazone groups is 1. The van der Waals surface area contributed by atoms with Crippen LogP contribution in [-0.4, -0.2) is 55.0 Å². The molecule has 29 heavy (non-hydrogen) atoms. The average Bonchev–Trinajstić information content (AvgIpc) is 2.69. The Labute approximate surface area is 172 Å². The number of phenols is 1. The molecular weight excluding hydrogens is 366 g/mol. The lowest BCUT2D eigenvalue weighted by Gasteiger charge is -2.57. The van der Waals surface area contributed by atoms with Gasteiger partial charge in [0.25, 0.3) is 5.91 Å². The lowest BCUT2D eigenvalue weighted by atomic mass is 9.48. The highest BCUT2D eigenvalue weighted by Gasteiger charge is 2.51. The van der Waals surface area contributed by atoms with Crippen LogP contribution in [0.5, 0.6) is 5.75 Å². The van der Waals surface area contributed by atoms with Crippen molar-refractivity contribution in [3.05, 3.63) is 29.3 Å². The van der Waals surface area contributed by atoms with E-state index in [0.717, 1.165) is 30.8 Å². The first-order valence-corrected chi connectivity index (χ1v) is 11.1. The summed E-state index contributed by atoms with van der Waals surface area (Å²) in [5.41, 5.74) is 4.91. The molecule has 1 aromatic rings. The smallest absolute Gasteiger partial charge is 0.254 e.